The number of hydrogen-bond acceptors (Lipinski definition) is 0. The minimum Gasteiger partial charge on any atom is -1.00 e. The molecule has 1 unspecified atom stereocenters. The van der Waals surface area contributed by atoms with Crippen molar-refractivity contribution < 1.29 is 51.0 Å². The third kappa shape index (κ3) is 5.95. The van der Waals surface area contributed by atoms with E-state index >= 15 is 0 Å². The van der Waals surface area contributed by atoms with Gasteiger partial charge in [-0.25, -0.2) is 6.08 Å². The largest absolute Gasteiger partial charge is 4.00 e. The van der Waals surface area contributed by atoms with Crippen LogP contribution in [0.5, 0.6) is 0 Å². The summed E-state index contributed by atoms with van der Waals surface area (Å²) in [4.78, 5) is 0. The Kier molecular flexibility index (Phi) is 10.4. The molecule has 4 rings (SSSR count). The zero-order valence-corrected chi connectivity index (χ0v) is 19.7. The third-order valence-electron chi connectivity index (χ3n) is 4.41. The first-order valence-corrected chi connectivity index (χ1v) is 8.34. The van der Waals surface area contributed by atoms with Crippen LogP contribution in [0.25, 0.3) is 11.1 Å². The summed E-state index contributed by atoms with van der Waals surface area (Å²) in [6, 6.07) is 18.1. The fourth-order valence-electron chi connectivity index (χ4n) is 3.05. The topological polar surface area (TPSA) is 0 Å². The van der Waals surface area contributed by atoms with E-state index in [0.29, 0.717) is 11.3 Å². The van der Waals surface area contributed by atoms with Crippen molar-refractivity contribution in [2.45, 2.75) is 34.1 Å². The number of fused-ring (bicyclic) bond motifs is 3. The second-order valence-electron chi connectivity index (χ2n) is 7.37. The zero-order chi connectivity index (χ0) is 16.4. The average Bonchev–Trinajstić information content (AvgIpc) is 3.11. The van der Waals surface area contributed by atoms with Crippen LogP contribution in [-0.4, -0.2) is 0 Å². The van der Waals surface area contributed by atoms with Gasteiger partial charge in [-0.3, -0.25) is 6.08 Å². The normalized spacial score (nSPS) is 15.8. The minimum atomic E-state index is 0. The molecule has 0 bridgehead atoms. The number of allylic oxidation sites excluding steroid dienone is 4. The molecular formula is C23H24Cl2Zr. The molecule has 26 heavy (non-hydrogen) atoms. The molecule has 0 fully saturated rings. The third-order valence-corrected chi connectivity index (χ3v) is 4.41. The van der Waals surface area contributed by atoms with Gasteiger partial charge in [-0.1, -0.05) is 74.4 Å². The molecule has 0 N–H and O–H groups in total. The van der Waals surface area contributed by atoms with Crippen LogP contribution < -0.4 is 24.8 Å². The van der Waals surface area contributed by atoms with Crippen molar-refractivity contribution in [1.82, 2.24) is 0 Å². The Morgan fingerprint density at radius 1 is 0.962 bits per heavy atom. The maximum atomic E-state index is 3.30. The molecule has 0 saturated carbocycles. The Hall–Kier alpha value is -0.617. The minimum absolute atomic E-state index is 0. The smallest absolute Gasteiger partial charge is 1.00 e. The number of rotatable bonds is 0. The molecule has 0 amide bonds. The summed E-state index contributed by atoms with van der Waals surface area (Å²) in [5.74, 6) is 0.522. The summed E-state index contributed by atoms with van der Waals surface area (Å²) in [6.45, 7) is 8.86. The number of benzene rings is 2. The maximum Gasteiger partial charge on any atom is 4.00 e. The summed E-state index contributed by atoms with van der Waals surface area (Å²) in [6.07, 6.45) is 8.70. The van der Waals surface area contributed by atoms with Gasteiger partial charge in [-0.2, -0.15) is 41.5 Å². The van der Waals surface area contributed by atoms with Crippen molar-refractivity contribution >= 4 is 0 Å². The van der Waals surface area contributed by atoms with Crippen molar-refractivity contribution in [2.75, 3.05) is 0 Å². The van der Waals surface area contributed by atoms with E-state index in [2.05, 4.69) is 88.4 Å². The van der Waals surface area contributed by atoms with E-state index in [4.69, 9.17) is 0 Å². The first-order chi connectivity index (χ1) is 10.9. The monoisotopic (exact) mass is 460 g/mol. The van der Waals surface area contributed by atoms with Gasteiger partial charge in [-0.15, -0.1) is 5.56 Å². The second-order valence-corrected chi connectivity index (χ2v) is 7.37. The second kappa shape index (κ2) is 10.6. The molecule has 0 nitrogen and oxygen atoms in total. The Balaban J connectivity index is 0.000000445. The van der Waals surface area contributed by atoms with Crippen molar-refractivity contribution in [3.63, 3.8) is 0 Å². The Labute approximate surface area is 190 Å². The molecule has 134 valence electrons. The molecule has 0 radical (unpaired) electrons. The first-order valence-electron chi connectivity index (χ1n) is 8.34. The predicted octanol–water partition coefficient (Wildman–Crippen LogP) is 0.0315. The van der Waals surface area contributed by atoms with Crippen LogP contribution in [0, 0.1) is 23.5 Å². The quantitative estimate of drug-likeness (QED) is 0.414. The Bertz CT molecular complexity index is 726. The summed E-state index contributed by atoms with van der Waals surface area (Å²) < 4.78 is 0. The molecule has 2 aliphatic rings. The molecule has 0 aromatic heterocycles. The summed E-state index contributed by atoms with van der Waals surface area (Å²) in [7, 11) is 0. The Morgan fingerprint density at radius 3 is 2.19 bits per heavy atom. The molecule has 0 spiro atoms. The van der Waals surface area contributed by atoms with Crippen LogP contribution in [0.3, 0.4) is 0 Å². The van der Waals surface area contributed by atoms with Gasteiger partial charge in [0.25, 0.3) is 0 Å². The molecule has 3 heteroatoms. The van der Waals surface area contributed by atoms with E-state index in [0.717, 1.165) is 6.42 Å². The van der Waals surface area contributed by atoms with Crippen LogP contribution in [0.1, 0.15) is 38.8 Å². The standard InChI is InChI=1S/C13H9.C10H15.2ClH.Zr/c1-3-7-12-10(5-1)9-11-6-2-4-8-13(11)12;1-8-5-6-9(7-8)10(2,3)4;;;/h1-5,7-8H,9H2;6-8H,1-4H3;2*1H;/q2*-1;;;+4/p-2. The molecule has 1 atom stereocenters. The van der Waals surface area contributed by atoms with Crippen LogP contribution in [0.2, 0.25) is 0 Å². The van der Waals surface area contributed by atoms with E-state index in [1.165, 1.54) is 27.8 Å². The molecule has 2 aromatic carbocycles. The summed E-state index contributed by atoms with van der Waals surface area (Å²) in [5.41, 5.74) is 7.23. The van der Waals surface area contributed by atoms with Gasteiger partial charge in [0.05, 0.1) is 0 Å². The van der Waals surface area contributed by atoms with Crippen molar-refractivity contribution in [3.05, 3.63) is 83.5 Å². The Morgan fingerprint density at radius 2 is 1.62 bits per heavy atom. The van der Waals surface area contributed by atoms with E-state index in [-0.39, 0.29) is 51.0 Å². The fourth-order valence-corrected chi connectivity index (χ4v) is 3.05. The molecule has 0 heterocycles. The van der Waals surface area contributed by atoms with Crippen LogP contribution in [-0.2, 0) is 32.6 Å². The predicted molar refractivity (Wildman–Crippen MR) is 98.0 cm³/mol. The molecule has 2 aliphatic carbocycles. The van der Waals surface area contributed by atoms with Crippen molar-refractivity contribution in [3.8, 4) is 11.1 Å². The van der Waals surface area contributed by atoms with E-state index in [9.17, 15) is 0 Å². The van der Waals surface area contributed by atoms with E-state index < -0.39 is 0 Å². The molecule has 0 saturated heterocycles. The van der Waals surface area contributed by atoms with Crippen LogP contribution in [0.4, 0.5) is 0 Å². The molecule has 0 aliphatic heterocycles. The van der Waals surface area contributed by atoms with Crippen molar-refractivity contribution in [2.24, 2.45) is 11.3 Å². The van der Waals surface area contributed by atoms with Gasteiger partial charge in [0, 0.05) is 0 Å². The SMILES string of the molecule is CC1[C-]=CC(C(C)(C)C)=C1.[Cl-].[Cl-].[Zr+4].[c-]1cccc2c1Cc1ccccc1-2. The summed E-state index contributed by atoms with van der Waals surface area (Å²) >= 11 is 0. The van der Waals surface area contributed by atoms with Crippen LogP contribution in [0.15, 0.2) is 60.2 Å². The van der Waals surface area contributed by atoms with Crippen molar-refractivity contribution in [1.29, 1.82) is 0 Å². The fraction of sp³-hybridized carbons (Fsp3) is 0.304. The van der Waals surface area contributed by atoms with Gasteiger partial charge < -0.3 is 24.8 Å². The first kappa shape index (κ1) is 25.4. The number of halogens is 2. The van der Waals surface area contributed by atoms with Gasteiger partial charge in [-0.05, 0) is 6.42 Å². The van der Waals surface area contributed by atoms with Gasteiger partial charge in [0.2, 0.25) is 0 Å². The average molecular weight is 463 g/mol. The number of hydrogen-bond donors (Lipinski definition) is 0. The van der Waals surface area contributed by atoms with Gasteiger partial charge >= 0.3 is 26.2 Å². The van der Waals surface area contributed by atoms with Crippen LogP contribution >= 0.6 is 0 Å². The maximum absolute atomic E-state index is 3.30. The molecular weight excluding hydrogens is 438 g/mol. The van der Waals surface area contributed by atoms with Gasteiger partial charge in [0.15, 0.2) is 0 Å². The summed E-state index contributed by atoms with van der Waals surface area (Å²) in [5, 5.41) is 0. The molecule has 2 aromatic rings. The zero-order valence-electron chi connectivity index (χ0n) is 15.7. The van der Waals surface area contributed by atoms with E-state index in [1.54, 1.807) is 0 Å². The van der Waals surface area contributed by atoms with Gasteiger partial charge in [0.1, 0.15) is 0 Å². The van der Waals surface area contributed by atoms with E-state index in [1.807, 2.05) is 6.07 Å².